The van der Waals surface area contributed by atoms with E-state index in [4.69, 9.17) is 0 Å². The Morgan fingerprint density at radius 3 is 3.17 bits per heavy atom. The van der Waals surface area contributed by atoms with Gasteiger partial charge in [-0.15, -0.1) is 11.3 Å². The second-order valence-electron chi connectivity index (χ2n) is 4.77. The van der Waals surface area contributed by atoms with Crippen LogP contribution in [0.1, 0.15) is 6.92 Å². The molecule has 0 radical (unpaired) electrons. The Morgan fingerprint density at radius 1 is 1.50 bits per heavy atom. The topological polar surface area (TPSA) is 54.0 Å². The highest BCUT2D eigenvalue weighted by molar-refractivity contribution is 7.16. The number of hydrogen-bond donors (Lipinski definition) is 2. The lowest BCUT2D eigenvalue weighted by Crippen LogP contribution is -2.27. The molecule has 0 bridgehead atoms. The molecule has 0 spiro atoms. The minimum absolute atomic E-state index is 0.0714. The molecule has 2 atom stereocenters. The maximum absolute atomic E-state index is 12.1. The number of carbonyl (C=O) groups excluding carboxylic acids is 1. The van der Waals surface area contributed by atoms with E-state index in [0.29, 0.717) is 5.92 Å². The van der Waals surface area contributed by atoms with Gasteiger partial charge in [-0.1, -0.05) is 6.92 Å². The van der Waals surface area contributed by atoms with Gasteiger partial charge in [-0.2, -0.15) is 0 Å². The number of thiazole rings is 1. The fourth-order valence-corrected chi connectivity index (χ4v) is 3.05. The summed E-state index contributed by atoms with van der Waals surface area (Å²) in [6.45, 7) is 3.80. The number of aromatic nitrogens is 1. The Kier molecular flexibility index (Phi) is 3.01. The lowest BCUT2D eigenvalue weighted by atomic mass is 9.97. The lowest BCUT2D eigenvalue weighted by molar-refractivity contribution is -0.120. The first-order valence-electron chi connectivity index (χ1n) is 6.09. The summed E-state index contributed by atoms with van der Waals surface area (Å²) in [6.07, 6.45) is 0. The van der Waals surface area contributed by atoms with Gasteiger partial charge >= 0.3 is 0 Å². The van der Waals surface area contributed by atoms with Crippen LogP contribution in [0.5, 0.6) is 0 Å². The van der Waals surface area contributed by atoms with Crippen LogP contribution in [0.4, 0.5) is 5.69 Å². The molecule has 3 rings (SSSR count). The molecule has 1 fully saturated rings. The van der Waals surface area contributed by atoms with Gasteiger partial charge < -0.3 is 10.6 Å². The van der Waals surface area contributed by atoms with Crippen molar-refractivity contribution < 1.29 is 4.79 Å². The van der Waals surface area contributed by atoms with E-state index in [-0.39, 0.29) is 11.8 Å². The molecule has 1 aliphatic heterocycles. The molecule has 94 valence electrons. The molecule has 1 aliphatic rings. The fraction of sp³-hybridized carbons (Fsp3) is 0.385. The van der Waals surface area contributed by atoms with Crippen molar-refractivity contribution in [3.05, 3.63) is 23.7 Å². The van der Waals surface area contributed by atoms with Crippen LogP contribution in [0.3, 0.4) is 0 Å². The minimum Gasteiger partial charge on any atom is -0.326 e. The average molecular weight is 261 g/mol. The highest BCUT2D eigenvalue weighted by atomic mass is 32.1. The number of carbonyl (C=O) groups is 1. The molecule has 1 saturated heterocycles. The Balaban J connectivity index is 1.77. The van der Waals surface area contributed by atoms with Crippen molar-refractivity contribution >= 4 is 33.1 Å². The van der Waals surface area contributed by atoms with E-state index in [1.165, 1.54) is 0 Å². The average Bonchev–Trinajstić information content (AvgIpc) is 2.96. The smallest absolute Gasteiger partial charge is 0.229 e. The Bertz CT molecular complexity index is 580. The van der Waals surface area contributed by atoms with Gasteiger partial charge in [0.25, 0.3) is 0 Å². The third-order valence-corrected chi connectivity index (χ3v) is 4.24. The van der Waals surface area contributed by atoms with Crippen LogP contribution in [0.2, 0.25) is 0 Å². The van der Waals surface area contributed by atoms with Gasteiger partial charge in [0.15, 0.2) is 0 Å². The van der Waals surface area contributed by atoms with Crippen molar-refractivity contribution in [2.75, 3.05) is 18.4 Å². The van der Waals surface area contributed by atoms with Gasteiger partial charge in [-0.05, 0) is 30.7 Å². The van der Waals surface area contributed by atoms with Gasteiger partial charge in [0.1, 0.15) is 0 Å². The number of nitrogens with one attached hydrogen (secondary N) is 2. The van der Waals surface area contributed by atoms with Crippen LogP contribution in [-0.4, -0.2) is 24.0 Å². The minimum atomic E-state index is 0.0714. The van der Waals surface area contributed by atoms with E-state index in [1.54, 1.807) is 11.3 Å². The number of hydrogen-bond acceptors (Lipinski definition) is 4. The molecule has 0 unspecified atom stereocenters. The molecule has 2 aromatic rings. The fourth-order valence-electron chi connectivity index (χ4n) is 2.33. The first kappa shape index (κ1) is 11.6. The molecule has 18 heavy (non-hydrogen) atoms. The monoisotopic (exact) mass is 261 g/mol. The van der Waals surface area contributed by atoms with Crippen LogP contribution in [-0.2, 0) is 4.79 Å². The number of amides is 1. The quantitative estimate of drug-likeness (QED) is 0.870. The predicted molar refractivity (Wildman–Crippen MR) is 73.8 cm³/mol. The van der Waals surface area contributed by atoms with Gasteiger partial charge in [0.05, 0.1) is 21.6 Å². The third kappa shape index (κ3) is 2.11. The second-order valence-corrected chi connectivity index (χ2v) is 5.65. The second kappa shape index (κ2) is 4.66. The largest absolute Gasteiger partial charge is 0.326 e. The standard InChI is InChI=1S/C13H15N3OS/c1-8-5-14-6-10(8)13(17)16-9-2-3-11-12(4-9)18-7-15-11/h2-4,7-8,10,14H,5-6H2,1H3,(H,16,17)/t8-,10-/m1/s1. The highest BCUT2D eigenvalue weighted by Gasteiger charge is 2.29. The SMILES string of the molecule is C[C@@H]1CNC[C@H]1C(=O)Nc1ccc2ncsc2c1. The molecule has 1 aromatic heterocycles. The number of fused-ring (bicyclic) bond motifs is 1. The van der Waals surface area contributed by atoms with Gasteiger partial charge in [0, 0.05) is 12.2 Å². The van der Waals surface area contributed by atoms with Crippen LogP contribution >= 0.6 is 11.3 Å². The first-order valence-corrected chi connectivity index (χ1v) is 6.97. The maximum atomic E-state index is 12.1. The van der Waals surface area contributed by atoms with Crippen LogP contribution in [0.15, 0.2) is 23.7 Å². The van der Waals surface area contributed by atoms with Crippen molar-refractivity contribution in [2.24, 2.45) is 11.8 Å². The Hall–Kier alpha value is -1.46. The zero-order valence-electron chi connectivity index (χ0n) is 10.1. The van der Waals surface area contributed by atoms with E-state index in [2.05, 4.69) is 22.5 Å². The molecule has 0 saturated carbocycles. The normalized spacial score (nSPS) is 23.4. The summed E-state index contributed by atoms with van der Waals surface area (Å²) < 4.78 is 1.10. The Labute approximate surface area is 109 Å². The van der Waals surface area contributed by atoms with Crippen molar-refractivity contribution in [3.63, 3.8) is 0 Å². The van der Waals surface area contributed by atoms with E-state index < -0.39 is 0 Å². The summed E-state index contributed by atoms with van der Waals surface area (Å²) in [7, 11) is 0. The first-order chi connectivity index (χ1) is 8.74. The van der Waals surface area contributed by atoms with Crippen LogP contribution in [0, 0.1) is 11.8 Å². The van der Waals surface area contributed by atoms with Gasteiger partial charge in [0.2, 0.25) is 5.91 Å². The summed E-state index contributed by atoms with van der Waals surface area (Å²) in [5.41, 5.74) is 3.66. The molecule has 4 nitrogen and oxygen atoms in total. The highest BCUT2D eigenvalue weighted by Crippen LogP contribution is 2.23. The van der Waals surface area contributed by atoms with Gasteiger partial charge in [-0.3, -0.25) is 4.79 Å². The van der Waals surface area contributed by atoms with Crippen molar-refractivity contribution in [3.8, 4) is 0 Å². The lowest BCUT2D eigenvalue weighted by Gasteiger charge is -2.14. The molecule has 0 aliphatic carbocycles. The predicted octanol–water partition coefficient (Wildman–Crippen LogP) is 2.09. The summed E-state index contributed by atoms with van der Waals surface area (Å²) in [5.74, 6) is 0.579. The Morgan fingerprint density at radius 2 is 2.39 bits per heavy atom. The molecular formula is C13H15N3OS. The summed E-state index contributed by atoms with van der Waals surface area (Å²) in [5, 5.41) is 6.24. The molecule has 5 heteroatoms. The van der Waals surface area contributed by atoms with Gasteiger partial charge in [-0.25, -0.2) is 4.98 Å². The summed E-state index contributed by atoms with van der Waals surface area (Å²) in [6, 6.07) is 5.84. The van der Waals surface area contributed by atoms with Crippen molar-refractivity contribution in [1.82, 2.24) is 10.3 Å². The van der Waals surface area contributed by atoms with E-state index >= 15 is 0 Å². The van der Waals surface area contributed by atoms with Crippen molar-refractivity contribution in [1.29, 1.82) is 0 Å². The van der Waals surface area contributed by atoms with Crippen molar-refractivity contribution in [2.45, 2.75) is 6.92 Å². The molecule has 2 heterocycles. The van der Waals surface area contributed by atoms with E-state index in [9.17, 15) is 4.79 Å². The summed E-state index contributed by atoms with van der Waals surface area (Å²) in [4.78, 5) is 16.4. The van der Waals surface area contributed by atoms with E-state index in [1.807, 2.05) is 23.7 Å². The maximum Gasteiger partial charge on any atom is 0.229 e. The van der Waals surface area contributed by atoms with Crippen LogP contribution < -0.4 is 10.6 Å². The molecule has 1 aromatic carbocycles. The third-order valence-electron chi connectivity index (χ3n) is 3.45. The zero-order chi connectivity index (χ0) is 12.5. The number of nitrogens with zero attached hydrogens (tertiary/aromatic N) is 1. The van der Waals surface area contributed by atoms with E-state index in [0.717, 1.165) is 29.0 Å². The molecule has 2 N–H and O–H groups in total. The molecular weight excluding hydrogens is 246 g/mol. The number of benzene rings is 1. The summed E-state index contributed by atoms with van der Waals surface area (Å²) >= 11 is 1.59. The molecule has 1 amide bonds. The number of rotatable bonds is 2. The van der Waals surface area contributed by atoms with Crippen LogP contribution in [0.25, 0.3) is 10.2 Å². The zero-order valence-corrected chi connectivity index (χ0v) is 11.0. The number of anilines is 1.